The molecule has 1 aliphatic rings. The van der Waals surface area contributed by atoms with Crippen LogP contribution in [0.3, 0.4) is 0 Å². The van der Waals surface area contributed by atoms with E-state index in [0.717, 1.165) is 6.07 Å². The number of alkyl halides is 6. The molecule has 3 aromatic rings. The van der Waals surface area contributed by atoms with Gasteiger partial charge in [0, 0.05) is 35.7 Å². The Labute approximate surface area is 193 Å². The standard InChI is InChI=1S/C23H19F6NO5/c1-30-3-2-13(17(34)9-30)19-14(31)7-15(32)20-16(33)8-18(35-21(19)20)10-4-11(22(24,25)26)6-12(5-10)23(27,28)29/h4-8,13,17,31-32,34H,2-3,9H2,1H3/t13-,17+/m0/s1. The first-order chi connectivity index (χ1) is 16.2. The highest BCUT2D eigenvalue weighted by Crippen LogP contribution is 2.43. The third-order valence-electron chi connectivity index (χ3n) is 6.03. The summed E-state index contributed by atoms with van der Waals surface area (Å²) in [5.41, 5.74) is -5.33. The number of aliphatic hydroxyl groups excluding tert-OH is 1. The third-order valence-corrected chi connectivity index (χ3v) is 6.03. The summed E-state index contributed by atoms with van der Waals surface area (Å²) >= 11 is 0. The number of benzene rings is 2. The van der Waals surface area contributed by atoms with Gasteiger partial charge in [0.1, 0.15) is 28.2 Å². The van der Waals surface area contributed by atoms with Gasteiger partial charge in [0.25, 0.3) is 0 Å². The molecular weight excluding hydrogens is 484 g/mol. The molecule has 1 fully saturated rings. The van der Waals surface area contributed by atoms with Gasteiger partial charge >= 0.3 is 12.4 Å². The molecule has 2 heterocycles. The van der Waals surface area contributed by atoms with Crippen molar-refractivity contribution < 1.29 is 46.1 Å². The lowest BCUT2D eigenvalue weighted by Crippen LogP contribution is -2.40. The summed E-state index contributed by atoms with van der Waals surface area (Å²) in [6.45, 7) is 0.676. The topological polar surface area (TPSA) is 94.1 Å². The number of halogens is 6. The van der Waals surface area contributed by atoms with Crippen molar-refractivity contribution in [3.8, 4) is 22.8 Å². The van der Waals surface area contributed by atoms with Crippen molar-refractivity contribution in [3.63, 3.8) is 0 Å². The van der Waals surface area contributed by atoms with Gasteiger partial charge in [-0.25, -0.2) is 0 Å². The summed E-state index contributed by atoms with van der Waals surface area (Å²) in [5, 5.41) is 30.9. The Morgan fingerprint density at radius 3 is 2.09 bits per heavy atom. The predicted molar refractivity (Wildman–Crippen MR) is 112 cm³/mol. The predicted octanol–water partition coefficient (Wildman–Crippen LogP) is 4.69. The second-order valence-electron chi connectivity index (χ2n) is 8.53. The van der Waals surface area contributed by atoms with Crippen LogP contribution in [0.15, 0.2) is 39.5 Å². The molecule has 6 nitrogen and oxygen atoms in total. The lowest BCUT2D eigenvalue weighted by molar-refractivity contribution is -0.143. The van der Waals surface area contributed by atoms with E-state index in [0.29, 0.717) is 31.2 Å². The van der Waals surface area contributed by atoms with Gasteiger partial charge in [-0.15, -0.1) is 0 Å². The van der Waals surface area contributed by atoms with E-state index in [1.807, 2.05) is 4.90 Å². The average Bonchev–Trinajstić information content (AvgIpc) is 2.73. The molecule has 35 heavy (non-hydrogen) atoms. The van der Waals surface area contributed by atoms with Crippen LogP contribution in [0.4, 0.5) is 26.3 Å². The summed E-state index contributed by atoms with van der Waals surface area (Å²) in [5.74, 6) is -2.64. The summed E-state index contributed by atoms with van der Waals surface area (Å²) in [6.07, 6.45) is -11.0. The highest BCUT2D eigenvalue weighted by atomic mass is 19.4. The highest BCUT2D eigenvalue weighted by Gasteiger charge is 2.38. The molecule has 0 amide bonds. The molecule has 0 spiro atoms. The second-order valence-corrected chi connectivity index (χ2v) is 8.53. The van der Waals surface area contributed by atoms with Gasteiger partial charge < -0.3 is 24.6 Å². The molecular formula is C23H19F6NO5. The molecule has 4 rings (SSSR count). The van der Waals surface area contributed by atoms with Crippen LogP contribution in [0.25, 0.3) is 22.3 Å². The number of fused-ring (bicyclic) bond motifs is 1. The molecule has 188 valence electrons. The first kappa shape index (κ1) is 24.9. The second kappa shape index (κ2) is 8.45. The number of rotatable bonds is 2. The van der Waals surface area contributed by atoms with Crippen molar-refractivity contribution >= 4 is 11.0 Å². The smallest absolute Gasteiger partial charge is 0.416 e. The Morgan fingerprint density at radius 2 is 1.54 bits per heavy atom. The Morgan fingerprint density at radius 1 is 0.943 bits per heavy atom. The van der Waals surface area contributed by atoms with Gasteiger partial charge in [-0.05, 0) is 38.2 Å². The zero-order chi connectivity index (χ0) is 25.9. The quantitative estimate of drug-likeness (QED) is 0.440. The van der Waals surface area contributed by atoms with E-state index in [4.69, 9.17) is 4.42 Å². The largest absolute Gasteiger partial charge is 0.507 e. The number of aromatic hydroxyl groups is 2. The van der Waals surface area contributed by atoms with Crippen LogP contribution in [0.1, 0.15) is 29.0 Å². The minimum atomic E-state index is -5.12. The van der Waals surface area contributed by atoms with Gasteiger partial charge in [0.15, 0.2) is 5.43 Å². The third kappa shape index (κ3) is 4.67. The Kier molecular flexibility index (Phi) is 6.00. The molecule has 0 bridgehead atoms. The molecule has 2 aromatic carbocycles. The fourth-order valence-electron chi connectivity index (χ4n) is 4.35. The van der Waals surface area contributed by atoms with Crippen LogP contribution in [-0.2, 0) is 12.4 Å². The van der Waals surface area contributed by atoms with Crippen LogP contribution in [0, 0.1) is 0 Å². The number of hydrogen-bond donors (Lipinski definition) is 3. The van der Waals surface area contributed by atoms with Crippen molar-refractivity contribution in [2.75, 3.05) is 20.1 Å². The Hall–Kier alpha value is -3.25. The zero-order valence-electron chi connectivity index (χ0n) is 18.0. The van der Waals surface area contributed by atoms with E-state index in [-0.39, 0.29) is 18.2 Å². The Bertz CT molecular complexity index is 1320. The minimum Gasteiger partial charge on any atom is -0.507 e. The maximum Gasteiger partial charge on any atom is 0.416 e. The SMILES string of the molecule is CN1CC[C@H](c2c(O)cc(O)c3c(=O)cc(-c4cc(C(F)(F)F)cc(C(F)(F)F)c4)oc23)[C@H](O)C1. The van der Waals surface area contributed by atoms with Crippen molar-refractivity contribution in [2.45, 2.75) is 30.8 Å². The molecule has 0 radical (unpaired) electrons. The van der Waals surface area contributed by atoms with Crippen molar-refractivity contribution in [2.24, 2.45) is 0 Å². The molecule has 0 aliphatic carbocycles. The van der Waals surface area contributed by atoms with Crippen molar-refractivity contribution in [1.82, 2.24) is 4.90 Å². The van der Waals surface area contributed by atoms with Crippen LogP contribution in [0.5, 0.6) is 11.5 Å². The first-order valence-electron chi connectivity index (χ1n) is 10.4. The molecule has 1 aliphatic heterocycles. The summed E-state index contributed by atoms with van der Waals surface area (Å²) < 4.78 is 85.5. The number of piperidine rings is 1. The van der Waals surface area contributed by atoms with Crippen molar-refractivity contribution in [1.29, 1.82) is 0 Å². The van der Waals surface area contributed by atoms with Crippen molar-refractivity contribution in [3.05, 3.63) is 57.2 Å². The first-order valence-corrected chi connectivity index (χ1v) is 10.4. The molecule has 2 atom stereocenters. The van der Waals surface area contributed by atoms with Gasteiger partial charge in [0.05, 0.1) is 17.2 Å². The van der Waals surface area contributed by atoms with E-state index >= 15 is 0 Å². The van der Waals surface area contributed by atoms with E-state index < -0.39 is 74.7 Å². The zero-order valence-corrected chi connectivity index (χ0v) is 18.0. The molecule has 0 unspecified atom stereocenters. The van der Waals surface area contributed by atoms with E-state index in [1.165, 1.54) is 0 Å². The number of phenols is 2. The number of aliphatic hydroxyl groups is 1. The fourth-order valence-corrected chi connectivity index (χ4v) is 4.35. The van der Waals surface area contributed by atoms with Crippen LogP contribution in [-0.4, -0.2) is 46.5 Å². The maximum absolute atomic E-state index is 13.3. The average molecular weight is 503 g/mol. The van der Waals surface area contributed by atoms with Crippen LogP contribution in [0.2, 0.25) is 0 Å². The summed E-state index contributed by atoms with van der Waals surface area (Å²) in [6, 6.07) is 2.31. The maximum atomic E-state index is 13.3. The Balaban J connectivity index is 2.00. The van der Waals surface area contributed by atoms with Gasteiger partial charge in [-0.1, -0.05) is 0 Å². The molecule has 12 heteroatoms. The number of β-amino-alcohol motifs (C(OH)–C–C–N with tert-alkyl or cyclic N) is 1. The lowest BCUT2D eigenvalue weighted by Gasteiger charge is -2.34. The van der Waals surface area contributed by atoms with Crippen LogP contribution < -0.4 is 5.43 Å². The van der Waals surface area contributed by atoms with Gasteiger partial charge in [0.2, 0.25) is 0 Å². The number of likely N-dealkylation sites (tertiary alicyclic amines) is 1. The summed E-state index contributed by atoms with van der Waals surface area (Å²) in [4.78, 5) is 14.6. The number of hydrogen-bond acceptors (Lipinski definition) is 6. The van der Waals surface area contributed by atoms with E-state index in [2.05, 4.69) is 0 Å². The molecule has 0 saturated carbocycles. The van der Waals surface area contributed by atoms with E-state index in [1.54, 1.807) is 7.05 Å². The van der Waals surface area contributed by atoms with Crippen LogP contribution >= 0.6 is 0 Å². The molecule has 3 N–H and O–H groups in total. The minimum absolute atomic E-state index is 0.0549. The monoisotopic (exact) mass is 503 g/mol. The highest BCUT2D eigenvalue weighted by molar-refractivity contribution is 5.89. The molecule has 1 aromatic heterocycles. The number of likely N-dealkylation sites (N-methyl/N-ethyl adjacent to an activating group) is 1. The fraction of sp³-hybridized carbons (Fsp3) is 0.348. The van der Waals surface area contributed by atoms with Gasteiger partial charge in [-0.2, -0.15) is 26.3 Å². The van der Waals surface area contributed by atoms with Gasteiger partial charge in [-0.3, -0.25) is 4.79 Å². The number of nitrogens with zero attached hydrogens (tertiary/aromatic N) is 1. The summed E-state index contributed by atoms with van der Waals surface area (Å²) in [7, 11) is 1.75. The molecule has 1 saturated heterocycles. The normalized spacial score (nSPS) is 19.9. The van der Waals surface area contributed by atoms with E-state index in [9.17, 15) is 46.5 Å². The number of phenolic OH excluding ortho intramolecular Hbond substituents is 2. The lowest BCUT2D eigenvalue weighted by atomic mass is 9.85.